The van der Waals surface area contributed by atoms with E-state index in [1.165, 1.54) is 6.08 Å². The van der Waals surface area contributed by atoms with Crippen molar-refractivity contribution in [2.24, 2.45) is 4.99 Å². The first-order chi connectivity index (χ1) is 13.5. The largest absolute Gasteiger partial charge is 0.486 e. The number of aliphatic imine (C=N–C) groups is 1. The third kappa shape index (κ3) is 6.37. The van der Waals surface area contributed by atoms with Crippen LogP contribution in [0.4, 0.5) is 10.1 Å². The number of ether oxygens (including phenoxy) is 2. The maximum absolute atomic E-state index is 13.2. The van der Waals surface area contributed by atoms with Gasteiger partial charge in [-0.15, -0.1) is 0 Å². The highest BCUT2D eigenvalue weighted by molar-refractivity contribution is 5.99. The molecular formula is C22H27FN2O3. The summed E-state index contributed by atoms with van der Waals surface area (Å²) in [4.78, 5) is 15.4. The summed E-state index contributed by atoms with van der Waals surface area (Å²) in [5.41, 5.74) is 1.44. The second-order valence-electron chi connectivity index (χ2n) is 6.23. The molecule has 5 nitrogen and oxygen atoms in total. The van der Waals surface area contributed by atoms with E-state index in [2.05, 4.69) is 10.3 Å². The van der Waals surface area contributed by atoms with E-state index in [0.29, 0.717) is 31.1 Å². The van der Waals surface area contributed by atoms with Gasteiger partial charge in [-0.1, -0.05) is 18.2 Å². The van der Waals surface area contributed by atoms with Crippen LogP contribution in [0.15, 0.2) is 58.9 Å². The van der Waals surface area contributed by atoms with E-state index >= 15 is 0 Å². The lowest BCUT2D eigenvalue weighted by Gasteiger charge is -2.18. The normalized spacial score (nSPS) is 16.7. The van der Waals surface area contributed by atoms with Gasteiger partial charge in [0.25, 0.3) is 0 Å². The number of fused-ring (bicyclic) bond motifs is 1. The molecule has 0 aromatic heterocycles. The number of nitrogens with zero attached hydrogens (tertiary/aromatic N) is 1. The molecule has 1 aliphatic carbocycles. The van der Waals surface area contributed by atoms with Gasteiger partial charge in [-0.25, -0.2) is 4.39 Å². The van der Waals surface area contributed by atoms with Gasteiger partial charge in [0, 0.05) is 23.7 Å². The molecule has 2 aliphatic rings. The Morgan fingerprint density at radius 2 is 2.00 bits per heavy atom. The minimum absolute atomic E-state index is 0.00407. The number of hydrogen-bond acceptors (Lipinski definition) is 4. The summed E-state index contributed by atoms with van der Waals surface area (Å²) in [5.74, 6) is 1.23. The predicted octanol–water partition coefficient (Wildman–Crippen LogP) is 5.01. The van der Waals surface area contributed by atoms with Crippen LogP contribution in [0.5, 0.6) is 11.5 Å². The first kappa shape index (κ1) is 21.4. The van der Waals surface area contributed by atoms with Gasteiger partial charge in [-0.3, -0.25) is 9.79 Å². The van der Waals surface area contributed by atoms with Crippen LogP contribution in [0, 0.1) is 0 Å². The molecule has 6 heteroatoms. The maximum atomic E-state index is 13.2. The number of allylic oxidation sites excluding steroid dienone is 3. The highest BCUT2D eigenvalue weighted by Crippen LogP contribution is 2.32. The molecular weight excluding hydrogens is 359 g/mol. The summed E-state index contributed by atoms with van der Waals surface area (Å²) in [6.45, 7) is 6.66. The van der Waals surface area contributed by atoms with Gasteiger partial charge < -0.3 is 14.8 Å². The van der Waals surface area contributed by atoms with E-state index in [-0.39, 0.29) is 17.8 Å². The summed E-state index contributed by atoms with van der Waals surface area (Å²) in [7, 11) is 0. The molecule has 1 atom stereocenters. The van der Waals surface area contributed by atoms with E-state index in [4.69, 9.17) is 9.47 Å². The Kier molecular flexibility index (Phi) is 8.46. The van der Waals surface area contributed by atoms with Crippen molar-refractivity contribution in [2.45, 2.75) is 39.7 Å². The molecule has 3 rings (SSSR count). The minimum Gasteiger partial charge on any atom is -0.486 e. The summed E-state index contributed by atoms with van der Waals surface area (Å²) >= 11 is 0. The zero-order valence-electron chi connectivity index (χ0n) is 16.6. The molecule has 0 bridgehead atoms. The van der Waals surface area contributed by atoms with Crippen molar-refractivity contribution < 1.29 is 18.7 Å². The fourth-order valence-corrected chi connectivity index (χ4v) is 2.78. The van der Waals surface area contributed by atoms with Crippen LogP contribution in [0.3, 0.4) is 0 Å². The quantitative estimate of drug-likeness (QED) is 0.584. The van der Waals surface area contributed by atoms with Crippen LogP contribution in [-0.4, -0.2) is 31.4 Å². The third-order valence-electron chi connectivity index (χ3n) is 4.09. The van der Waals surface area contributed by atoms with Crippen LogP contribution in [-0.2, 0) is 4.79 Å². The first-order valence-electron chi connectivity index (χ1n) is 9.41. The minimum atomic E-state index is -0.154. The van der Waals surface area contributed by atoms with Gasteiger partial charge in [-0.2, -0.15) is 0 Å². The molecule has 1 aliphatic heterocycles. The average molecular weight is 386 g/mol. The van der Waals surface area contributed by atoms with Crippen LogP contribution in [0.1, 0.15) is 33.6 Å². The summed E-state index contributed by atoms with van der Waals surface area (Å²) < 4.78 is 24.0. The van der Waals surface area contributed by atoms with Gasteiger partial charge in [0.2, 0.25) is 5.91 Å². The summed E-state index contributed by atoms with van der Waals surface area (Å²) in [6.07, 6.45) is 10.1. The molecule has 0 radical (unpaired) electrons. The van der Waals surface area contributed by atoms with E-state index in [0.717, 1.165) is 17.7 Å². The molecule has 0 spiro atoms. The lowest BCUT2D eigenvalue weighted by Crippen LogP contribution is -2.16. The van der Waals surface area contributed by atoms with Crippen LogP contribution in [0.25, 0.3) is 0 Å². The molecule has 0 saturated heterocycles. The number of nitrogens with one attached hydrogen (secondary N) is 1. The average Bonchev–Trinajstić information content (AvgIpc) is 2.69. The molecule has 0 saturated carbocycles. The van der Waals surface area contributed by atoms with E-state index in [1.807, 2.05) is 26.0 Å². The van der Waals surface area contributed by atoms with Crippen LogP contribution >= 0.6 is 0 Å². The molecule has 1 amide bonds. The summed E-state index contributed by atoms with van der Waals surface area (Å²) in [5, 5.41) is 2.73. The Hall–Kier alpha value is -2.89. The van der Waals surface area contributed by atoms with Gasteiger partial charge in [0.15, 0.2) is 11.5 Å². The maximum Gasteiger partial charge on any atom is 0.248 e. The number of anilines is 1. The Morgan fingerprint density at radius 3 is 2.68 bits per heavy atom. The molecule has 1 N–H and O–H groups in total. The van der Waals surface area contributed by atoms with Gasteiger partial charge >= 0.3 is 0 Å². The topological polar surface area (TPSA) is 59.9 Å². The fourth-order valence-electron chi connectivity index (χ4n) is 2.78. The predicted molar refractivity (Wildman–Crippen MR) is 111 cm³/mol. The smallest absolute Gasteiger partial charge is 0.248 e. The number of benzene rings is 1. The van der Waals surface area contributed by atoms with Crippen molar-refractivity contribution in [3.8, 4) is 11.5 Å². The second-order valence-corrected chi connectivity index (χ2v) is 6.23. The zero-order chi connectivity index (χ0) is 20.4. The van der Waals surface area contributed by atoms with E-state index < -0.39 is 0 Å². The molecule has 28 heavy (non-hydrogen) atoms. The van der Waals surface area contributed by atoms with Crippen LogP contribution < -0.4 is 14.8 Å². The summed E-state index contributed by atoms with van der Waals surface area (Å²) in [6, 6.07) is 5.30. The number of carbonyl (C=O) groups excluding carboxylic acids is 1. The number of rotatable bonds is 4. The molecule has 1 aromatic rings. The van der Waals surface area contributed by atoms with Crippen molar-refractivity contribution in [3.63, 3.8) is 0 Å². The Bertz CT molecular complexity index is 797. The lowest BCUT2D eigenvalue weighted by molar-refractivity contribution is -0.111. The monoisotopic (exact) mass is 386 g/mol. The fraction of sp³-hybridized carbons (Fsp3) is 0.364. The Labute approximate surface area is 165 Å². The molecule has 150 valence electrons. The lowest BCUT2D eigenvalue weighted by atomic mass is 10.0. The van der Waals surface area contributed by atoms with Gasteiger partial charge in [0.05, 0.1) is 6.04 Å². The Morgan fingerprint density at radius 1 is 1.25 bits per heavy atom. The van der Waals surface area contributed by atoms with Crippen molar-refractivity contribution in [1.82, 2.24) is 0 Å². The van der Waals surface area contributed by atoms with Crippen molar-refractivity contribution in [2.75, 3.05) is 18.5 Å². The second kappa shape index (κ2) is 11.1. The molecule has 1 unspecified atom stereocenters. The van der Waals surface area contributed by atoms with Crippen molar-refractivity contribution in [1.29, 1.82) is 0 Å². The molecule has 0 fully saturated rings. The molecule has 1 aromatic carbocycles. The number of halogens is 1. The van der Waals surface area contributed by atoms with E-state index in [1.54, 1.807) is 37.4 Å². The number of carbonyl (C=O) groups is 1. The standard InChI is InChI=1S/C12H13NO3.C10H14FN/c1-2-3-12(14)13-9-4-5-10-11(8-9)16-7-6-15-10;1-3-12-8(2)9-6-4-5-7-10(9)11/h2-5,8H,6-7H2,1H3,(H,13,14);3-4,6,8H,5,7H2,1-2H3/b3-2+;. The van der Waals surface area contributed by atoms with Crippen LogP contribution in [0.2, 0.25) is 0 Å². The number of hydrogen-bond donors (Lipinski definition) is 1. The Balaban J connectivity index is 0.000000209. The number of amides is 1. The van der Waals surface area contributed by atoms with Crippen molar-refractivity contribution in [3.05, 3.63) is 53.9 Å². The van der Waals surface area contributed by atoms with Crippen molar-refractivity contribution >= 4 is 17.8 Å². The SMILES string of the molecule is C/C=C/C(=O)Nc1ccc2c(c1)OCCO2.CC=NC(C)C1=C(F)CCC=C1. The highest BCUT2D eigenvalue weighted by Gasteiger charge is 2.13. The van der Waals surface area contributed by atoms with Gasteiger partial charge in [0.1, 0.15) is 19.0 Å². The first-order valence-corrected chi connectivity index (χ1v) is 9.41. The zero-order valence-corrected chi connectivity index (χ0v) is 16.6. The molecule has 1 heterocycles. The van der Waals surface area contributed by atoms with E-state index in [9.17, 15) is 9.18 Å². The third-order valence-corrected chi connectivity index (χ3v) is 4.09. The highest BCUT2D eigenvalue weighted by atomic mass is 19.1. The van der Waals surface area contributed by atoms with Gasteiger partial charge in [-0.05, 0) is 51.6 Å².